The first-order chi connectivity index (χ1) is 8.70. The predicted molar refractivity (Wildman–Crippen MR) is 65.6 cm³/mol. The molecule has 6 heteroatoms. The summed E-state index contributed by atoms with van der Waals surface area (Å²) in [7, 11) is 0. The van der Waals surface area contributed by atoms with Crippen LogP contribution < -0.4 is 0 Å². The minimum Gasteiger partial charge on any atom is -0.336 e. The van der Waals surface area contributed by atoms with Gasteiger partial charge in [-0.15, -0.1) is 0 Å². The van der Waals surface area contributed by atoms with E-state index in [0.29, 0.717) is 0 Å². The molecule has 0 radical (unpaired) electrons. The van der Waals surface area contributed by atoms with Crippen molar-refractivity contribution in [3.8, 4) is 12.1 Å². The van der Waals surface area contributed by atoms with Crippen LogP contribution in [0.15, 0.2) is 18.3 Å². The number of hydrogen-bond acceptors (Lipinski definition) is 4. The summed E-state index contributed by atoms with van der Waals surface area (Å²) in [6.45, 7) is 0.560. The van der Waals surface area contributed by atoms with Gasteiger partial charge in [-0.25, -0.2) is 4.98 Å². The Bertz CT molecular complexity index is 486. The van der Waals surface area contributed by atoms with E-state index >= 15 is 0 Å². The van der Waals surface area contributed by atoms with Crippen molar-refractivity contribution in [1.29, 1.82) is 10.5 Å². The third-order valence-corrected chi connectivity index (χ3v) is 2.56. The van der Waals surface area contributed by atoms with Crippen molar-refractivity contribution in [3.05, 3.63) is 29.0 Å². The van der Waals surface area contributed by atoms with Gasteiger partial charge in [-0.05, 0) is 12.1 Å². The molecule has 1 rings (SSSR count). The molecule has 0 saturated heterocycles. The van der Waals surface area contributed by atoms with Crippen LogP contribution in [0.25, 0.3) is 0 Å². The van der Waals surface area contributed by atoms with Crippen LogP contribution in [0.2, 0.25) is 5.15 Å². The summed E-state index contributed by atoms with van der Waals surface area (Å²) < 4.78 is 0. The number of nitriles is 2. The van der Waals surface area contributed by atoms with Crippen molar-refractivity contribution in [2.24, 2.45) is 0 Å². The molecule has 0 N–H and O–H groups in total. The maximum absolute atomic E-state index is 12.2. The zero-order valence-corrected chi connectivity index (χ0v) is 10.4. The zero-order valence-electron chi connectivity index (χ0n) is 9.64. The lowest BCUT2D eigenvalue weighted by Gasteiger charge is -2.20. The van der Waals surface area contributed by atoms with Gasteiger partial charge in [0.05, 0.1) is 30.5 Å². The van der Waals surface area contributed by atoms with Gasteiger partial charge in [-0.2, -0.15) is 10.5 Å². The van der Waals surface area contributed by atoms with E-state index in [4.69, 9.17) is 22.1 Å². The molecule has 18 heavy (non-hydrogen) atoms. The number of rotatable bonds is 5. The predicted octanol–water partition coefficient (Wildman–Crippen LogP) is 2.00. The third-order valence-electron chi connectivity index (χ3n) is 2.26. The van der Waals surface area contributed by atoms with Crippen molar-refractivity contribution in [1.82, 2.24) is 9.88 Å². The Morgan fingerprint density at radius 1 is 1.33 bits per heavy atom. The largest absolute Gasteiger partial charge is 0.336 e. The van der Waals surface area contributed by atoms with Crippen LogP contribution in [0.3, 0.4) is 0 Å². The van der Waals surface area contributed by atoms with Gasteiger partial charge in [0.2, 0.25) is 0 Å². The Balaban J connectivity index is 2.85. The Morgan fingerprint density at radius 2 is 1.94 bits per heavy atom. The molecular formula is C12H11ClN4O. The highest BCUT2D eigenvalue weighted by molar-refractivity contribution is 6.32. The van der Waals surface area contributed by atoms with Gasteiger partial charge in [-0.3, -0.25) is 4.79 Å². The molecule has 0 fully saturated rings. The summed E-state index contributed by atoms with van der Waals surface area (Å²) in [5.74, 6) is -0.307. The van der Waals surface area contributed by atoms with Crippen molar-refractivity contribution in [2.75, 3.05) is 13.1 Å². The Labute approximate surface area is 110 Å². The lowest BCUT2D eigenvalue weighted by Crippen LogP contribution is -2.33. The van der Waals surface area contributed by atoms with E-state index in [0.717, 1.165) is 0 Å². The van der Waals surface area contributed by atoms with Crippen LogP contribution in [-0.2, 0) is 0 Å². The fourth-order valence-corrected chi connectivity index (χ4v) is 1.60. The topological polar surface area (TPSA) is 80.8 Å². The third kappa shape index (κ3) is 3.73. The van der Waals surface area contributed by atoms with E-state index in [2.05, 4.69) is 4.98 Å². The molecule has 0 unspecified atom stereocenters. The van der Waals surface area contributed by atoms with Gasteiger partial charge >= 0.3 is 0 Å². The lowest BCUT2D eigenvalue weighted by molar-refractivity contribution is 0.0762. The number of hydrogen-bond donors (Lipinski definition) is 0. The second-order valence-corrected chi connectivity index (χ2v) is 3.81. The summed E-state index contributed by atoms with van der Waals surface area (Å²) in [5.41, 5.74) is 0.287. The summed E-state index contributed by atoms with van der Waals surface area (Å²) >= 11 is 5.84. The van der Waals surface area contributed by atoms with Crippen molar-refractivity contribution < 1.29 is 4.79 Å². The second-order valence-electron chi connectivity index (χ2n) is 3.45. The van der Waals surface area contributed by atoms with Crippen molar-refractivity contribution in [3.63, 3.8) is 0 Å². The zero-order chi connectivity index (χ0) is 13.4. The van der Waals surface area contributed by atoms with Crippen LogP contribution in [0, 0.1) is 22.7 Å². The van der Waals surface area contributed by atoms with Gasteiger partial charge in [0, 0.05) is 19.3 Å². The second kappa shape index (κ2) is 7.26. The quantitative estimate of drug-likeness (QED) is 0.760. The fourth-order valence-electron chi connectivity index (χ4n) is 1.40. The number of carbonyl (C=O) groups is 1. The molecule has 0 spiro atoms. The van der Waals surface area contributed by atoms with Crippen molar-refractivity contribution in [2.45, 2.75) is 12.8 Å². The van der Waals surface area contributed by atoms with Gasteiger partial charge < -0.3 is 4.90 Å². The number of nitrogens with zero attached hydrogens (tertiary/aromatic N) is 4. The number of pyridine rings is 1. The summed E-state index contributed by atoms with van der Waals surface area (Å²) in [6.07, 6.45) is 1.93. The average molecular weight is 263 g/mol. The monoisotopic (exact) mass is 262 g/mol. The molecule has 0 bridgehead atoms. The molecule has 1 aromatic heterocycles. The van der Waals surface area contributed by atoms with Crippen LogP contribution in [0.1, 0.15) is 23.2 Å². The number of halogens is 1. The van der Waals surface area contributed by atoms with E-state index in [1.165, 1.54) is 11.1 Å². The molecule has 0 aromatic carbocycles. The first kappa shape index (κ1) is 14.0. The van der Waals surface area contributed by atoms with Crippen LogP contribution in [0.4, 0.5) is 0 Å². The summed E-state index contributed by atoms with van der Waals surface area (Å²) in [4.78, 5) is 17.4. The van der Waals surface area contributed by atoms with Crippen LogP contribution >= 0.6 is 11.6 Å². The molecular weight excluding hydrogens is 252 g/mol. The van der Waals surface area contributed by atoms with E-state index in [9.17, 15) is 4.79 Å². The van der Waals surface area contributed by atoms with E-state index < -0.39 is 0 Å². The van der Waals surface area contributed by atoms with Crippen LogP contribution in [-0.4, -0.2) is 28.9 Å². The number of amides is 1. The molecule has 0 saturated carbocycles. The molecule has 5 nitrogen and oxygen atoms in total. The summed E-state index contributed by atoms with van der Waals surface area (Å²) in [6, 6.07) is 7.13. The summed E-state index contributed by atoms with van der Waals surface area (Å²) in [5, 5.41) is 17.2. The Kier molecular flexibility index (Phi) is 5.63. The molecule has 0 aliphatic carbocycles. The maximum atomic E-state index is 12.2. The molecule has 0 atom stereocenters. The average Bonchev–Trinajstić information content (AvgIpc) is 2.39. The Morgan fingerprint density at radius 3 is 2.44 bits per heavy atom. The molecule has 1 aromatic rings. The smallest absolute Gasteiger partial charge is 0.257 e. The van der Waals surface area contributed by atoms with E-state index in [1.807, 2.05) is 12.1 Å². The molecule has 1 amide bonds. The first-order valence-corrected chi connectivity index (χ1v) is 5.72. The minimum absolute atomic E-state index is 0.126. The van der Waals surface area contributed by atoms with E-state index in [-0.39, 0.29) is 42.6 Å². The van der Waals surface area contributed by atoms with Gasteiger partial charge in [0.1, 0.15) is 5.15 Å². The standard InChI is InChI=1S/C12H11ClN4O/c13-11-10(4-1-7-16-11)12(18)17(8-2-5-14)9-3-6-15/h1,4,7H,2-3,8-9H2. The highest BCUT2D eigenvalue weighted by atomic mass is 35.5. The number of carbonyl (C=O) groups excluding carboxylic acids is 1. The fraction of sp³-hybridized carbons (Fsp3) is 0.333. The molecule has 0 aliphatic rings. The maximum Gasteiger partial charge on any atom is 0.257 e. The van der Waals surface area contributed by atoms with E-state index in [1.54, 1.807) is 12.1 Å². The molecule has 1 heterocycles. The highest BCUT2D eigenvalue weighted by Crippen LogP contribution is 2.14. The molecule has 0 aliphatic heterocycles. The minimum atomic E-state index is -0.307. The van der Waals surface area contributed by atoms with Crippen molar-refractivity contribution >= 4 is 17.5 Å². The normalized spacial score (nSPS) is 9.28. The Hall–Kier alpha value is -2.11. The SMILES string of the molecule is N#CCCN(CCC#N)C(=O)c1cccnc1Cl. The van der Waals surface area contributed by atoms with Gasteiger partial charge in [-0.1, -0.05) is 11.6 Å². The first-order valence-electron chi connectivity index (χ1n) is 5.34. The number of aromatic nitrogens is 1. The lowest BCUT2D eigenvalue weighted by atomic mass is 10.2. The van der Waals surface area contributed by atoms with Gasteiger partial charge in [0.15, 0.2) is 0 Å². The highest BCUT2D eigenvalue weighted by Gasteiger charge is 2.18. The van der Waals surface area contributed by atoms with Gasteiger partial charge in [0.25, 0.3) is 5.91 Å². The molecule has 92 valence electrons. The van der Waals surface area contributed by atoms with Crippen LogP contribution in [0.5, 0.6) is 0 Å².